The number of likely N-dealkylation sites (tertiary alicyclic amines) is 1. The van der Waals surface area contributed by atoms with E-state index < -0.39 is 0 Å². The van der Waals surface area contributed by atoms with Gasteiger partial charge in [0.05, 0.1) is 0 Å². The molecule has 4 nitrogen and oxygen atoms in total. The molecule has 0 bridgehead atoms. The fourth-order valence-corrected chi connectivity index (χ4v) is 9.53. The van der Waals surface area contributed by atoms with Gasteiger partial charge in [0.25, 0.3) is 0 Å². The lowest BCUT2D eigenvalue weighted by Gasteiger charge is -2.62. The van der Waals surface area contributed by atoms with Crippen molar-refractivity contribution in [2.75, 3.05) is 18.9 Å². The molecule has 3 aliphatic carbocycles. The molecule has 0 spiro atoms. The van der Waals surface area contributed by atoms with E-state index in [2.05, 4.69) is 53.5 Å². The molecular formula is C29H49BrN2O2. The van der Waals surface area contributed by atoms with Gasteiger partial charge in [-0.25, -0.2) is 0 Å². The Balaban J connectivity index is 1.52. The quantitative estimate of drug-likeness (QED) is 0.240. The maximum absolute atomic E-state index is 13.5. The summed E-state index contributed by atoms with van der Waals surface area (Å²) in [5.41, 5.74) is 0.537. The Morgan fingerprint density at radius 3 is 2.50 bits per heavy atom. The molecule has 0 unspecified atom stereocenters. The van der Waals surface area contributed by atoms with Crippen LogP contribution in [0.1, 0.15) is 111 Å². The van der Waals surface area contributed by atoms with Crippen molar-refractivity contribution in [2.24, 2.45) is 28.6 Å². The predicted octanol–water partition coefficient (Wildman–Crippen LogP) is 6.80. The Bertz CT molecular complexity index is 744. The highest BCUT2D eigenvalue weighted by Crippen LogP contribution is 2.65. The Morgan fingerprint density at radius 1 is 1.00 bits per heavy atom. The summed E-state index contributed by atoms with van der Waals surface area (Å²) in [5, 5.41) is 0.989. The summed E-state index contributed by atoms with van der Waals surface area (Å²) in [7, 11) is 2.05. The van der Waals surface area contributed by atoms with Crippen LogP contribution in [0.4, 0.5) is 0 Å². The number of hydrogen-bond acceptors (Lipinski definition) is 2. The molecule has 4 rings (SSSR count). The van der Waals surface area contributed by atoms with Crippen LogP contribution in [0.5, 0.6) is 0 Å². The van der Waals surface area contributed by atoms with E-state index in [9.17, 15) is 9.59 Å². The lowest BCUT2D eigenvalue weighted by atomic mass is 9.47. The van der Waals surface area contributed by atoms with Crippen LogP contribution < -0.4 is 0 Å². The fraction of sp³-hybridized carbons (Fsp3) is 0.931. The Hall–Kier alpha value is -0.580. The van der Waals surface area contributed by atoms with Gasteiger partial charge in [-0.05, 0) is 92.8 Å². The van der Waals surface area contributed by atoms with Crippen LogP contribution >= 0.6 is 15.9 Å². The number of unbranched alkanes of at least 4 members (excludes halogenated alkanes) is 3. The third-order valence-electron chi connectivity index (χ3n) is 11.0. The molecule has 1 saturated heterocycles. The molecule has 0 aromatic carbocycles. The number of piperidine rings is 1. The number of halogens is 1. The largest absolute Gasteiger partial charge is 0.342 e. The Labute approximate surface area is 217 Å². The van der Waals surface area contributed by atoms with Gasteiger partial charge >= 0.3 is 0 Å². The highest BCUT2D eigenvalue weighted by molar-refractivity contribution is 9.09. The first kappa shape index (κ1) is 26.5. The zero-order valence-corrected chi connectivity index (χ0v) is 23.9. The summed E-state index contributed by atoms with van der Waals surface area (Å²) in [6.07, 6.45) is 15.6. The van der Waals surface area contributed by atoms with Crippen LogP contribution in [0.3, 0.4) is 0 Å². The molecule has 0 N–H and O–H groups in total. The summed E-state index contributed by atoms with van der Waals surface area (Å²) in [6, 6.07) is 0.853. The highest BCUT2D eigenvalue weighted by atomic mass is 79.9. The third kappa shape index (κ3) is 4.61. The second-order valence-electron chi connectivity index (χ2n) is 12.6. The topological polar surface area (TPSA) is 40.6 Å². The SMILES string of the molecule is CCCCCN(C(=O)CCCCBr)[C@H]1CC[C@H]2[C@@H]3CC[C@H]4N(C)C(=O)CC[C@]4(C)[C@H]3CC[C@]12C. The van der Waals surface area contributed by atoms with E-state index in [-0.39, 0.29) is 10.8 Å². The van der Waals surface area contributed by atoms with E-state index in [1.54, 1.807) is 0 Å². The van der Waals surface area contributed by atoms with Crippen molar-refractivity contribution in [1.82, 2.24) is 9.80 Å². The first-order valence-corrected chi connectivity index (χ1v) is 15.5. The fourth-order valence-electron chi connectivity index (χ4n) is 9.14. The van der Waals surface area contributed by atoms with Crippen molar-refractivity contribution in [3.8, 4) is 0 Å². The van der Waals surface area contributed by atoms with Gasteiger partial charge in [0.15, 0.2) is 0 Å². The molecule has 4 fully saturated rings. The normalized spacial score (nSPS) is 39.4. The van der Waals surface area contributed by atoms with Gasteiger partial charge in [0, 0.05) is 43.8 Å². The lowest BCUT2D eigenvalue weighted by Crippen LogP contribution is -2.62. The molecule has 1 aliphatic heterocycles. The van der Waals surface area contributed by atoms with Gasteiger partial charge in [-0.2, -0.15) is 0 Å². The molecule has 3 saturated carbocycles. The van der Waals surface area contributed by atoms with Crippen molar-refractivity contribution in [3.05, 3.63) is 0 Å². The van der Waals surface area contributed by atoms with Crippen LogP contribution in [0.15, 0.2) is 0 Å². The minimum absolute atomic E-state index is 0.262. The maximum atomic E-state index is 13.5. The zero-order chi connectivity index (χ0) is 24.5. The molecule has 1 heterocycles. The van der Waals surface area contributed by atoms with Crippen molar-refractivity contribution >= 4 is 27.7 Å². The first-order chi connectivity index (χ1) is 16.3. The average Bonchev–Trinajstić information content (AvgIpc) is 3.16. The summed E-state index contributed by atoms with van der Waals surface area (Å²) < 4.78 is 0. The molecule has 34 heavy (non-hydrogen) atoms. The first-order valence-electron chi connectivity index (χ1n) is 14.4. The van der Waals surface area contributed by atoms with E-state index in [4.69, 9.17) is 0 Å². The van der Waals surface area contributed by atoms with Gasteiger partial charge < -0.3 is 9.80 Å². The minimum Gasteiger partial charge on any atom is -0.342 e. The number of hydrogen-bond donors (Lipinski definition) is 0. The molecule has 0 aromatic rings. The molecule has 0 aromatic heterocycles. The van der Waals surface area contributed by atoms with Gasteiger partial charge in [-0.1, -0.05) is 49.5 Å². The number of rotatable bonds is 9. The molecule has 5 heteroatoms. The number of amides is 2. The summed E-state index contributed by atoms with van der Waals surface area (Å²) >= 11 is 3.53. The predicted molar refractivity (Wildman–Crippen MR) is 143 cm³/mol. The number of alkyl halides is 1. The number of nitrogens with zero attached hydrogens (tertiary/aromatic N) is 2. The zero-order valence-electron chi connectivity index (χ0n) is 22.3. The van der Waals surface area contributed by atoms with E-state index >= 15 is 0 Å². The van der Waals surface area contributed by atoms with Gasteiger partial charge in [-0.3, -0.25) is 9.59 Å². The minimum atomic E-state index is 0.262. The summed E-state index contributed by atoms with van der Waals surface area (Å²) in [5.74, 6) is 3.01. The van der Waals surface area contributed by atoms with Crippen molar-refractivity contribution in [3.63, 3.8) is 0 Å². The van der Waals surface area contributed by atoms with Crippen LogP contribution in [-0.2, 0) is 9.59 Å². The monoisotopic (exact) mass is 536 g/mol. The van der Waals surface area contributed by atoms with E-state index in [1.165, 1.54) is 51.4 Å². The molecule has 4 aliphatic rings. The third-order valence-corrected chi connectivity index (χ3v) is 11.5. The lowest BCUT2D eigenvalue weighted by molar-refractivity contribution is -0.159. The molecule has 2 amide bonds. The van der Waals surface area contributed by atoms with Crippen molar-refractivity contribution < 1.29 is 9.59 Å². The highest BCUT2D eigenvalue weighted by Gasteiger charge is 2.62. The Kier molecular flexibility index (Phi) is 8.42. The van der Waals surface area contributed by atoms with Gasteiger partial charge in [0.1, 0.15) is 0 Å². The van der Waals surface area contributed by atoms with E-state index in [0.29, 0.717) is 30.3 Å². The van der Waals surface area contributed by atoms with Crippen molar-refractivity contribution in [2.45, 2.75) is 123 Å². The van der Waals surface area contributed by atoms with E-state index in [1.807, 2.05) is 0 Å². The molecule has 0 radical (unpaired) electrons. The number of carbonyl (C=O) groups is 2. The van der Waals surface area contributed by atoms with Crippen molar-refractivity contribution in [1.29, 1.82) is 0 Å². The number of carbonyl (C=O) groups excluding carboxylic acids is 2. The molecule has 7 atom stereocenters. The molecular weight excluding hydrogens is 488 g/mol. The van der Waals surface area contributed by atoms with Gasteiger partial charge in [0.2, 0.25) is 11.8 Å². The van der Waals surface area contributed by atoms with E-state index in [0.717, 1.165) is 61.7 Å². The van der Waals surface area contributed by atoms with Crippen LogP contribution in [0.25, 0.3) is 0 Å². The summed E-state index contributed by atoms with van der Waals surface area (Å²) in [4.78, 5) is 30.4. The summed E-state index contributed by atoms with van der Waals surface area (Å²) in [6.45, 7) is 8.27. The van der Waals surface area contributed by atoms with Crippen LogP contribution in [0, 0.1) is 28.6 Å². The second kappa shape index (κ2) is 10.8. The van der Waals surface area contributed by atoms with Gasteiger partial charge in [-0.15, -0.1) is 0 Å². The molecule has 194 valence electrons. The van der Waals surface area contributed by atoms with Crippen LogP contribution in [0.2, 0.25) is 0 Å². The van der Waals surface area contributed by atoms with Crippen LogP contribution in [-0.4, -0.2) is 52.6 Å². The standard InChI is InChI=1S/C29H49BrN2O2/c1-5-6-9-20-32(27(34)10-7-8-19-30)25-14-12-22-21-11-13-24-28(2,18-16-26(33)31(24)4)23(21)15-17-29(22,25)3/h21-25H,5-20H2,1-4H3/t21-,22-,23-,24+,25-,28+,29-/m0/s1. The second-order valence-corrected chi connectivity index (χ2v) is 13.4. The number of fused-ring (bicyclic) bond motifs is 5. The smallest absolute Gasteiger partial charge is 0.222 e. The Morgan fingerprint density at radius 2 is 1.76 bits per heavy atom. The maximum Gasteiger partial charge on any atom is 0.222 e. The average molecular weight is 538 g/mol.